The molecule has 0 rings (SSSR count). The molecule has 0 fully saturated rings. The van der Waals surface area contributed by atoms with E-state index < -0.39 is 5.97 Å². The lowest BCUT2D eigenvalue weighted by molar-refractivity contribution is -0.137. The predicted molar refractivity (Wildman–Crippen MR) is 127 cm³/mol. The average molecular weight is 429 g/mol. The molecule has 0 aliphatic carbocycles. The zero-order valence-corrected chi connectivity index (χ0v) is 20.0. The first-order valence-corrected chi connectivity index (χ1v) is 13.1. The Kier molecular flexibility index (Phi) is 22.6. The van der Waals surface area contributed by atoms with Gasteiger partial charge in [0.05, 0.1) is 12.2 Å². The van der Waals surface area contributed by atoms with Crippen LogP contribution < -0.4 is 0 Å². The summed E-state index contributed by atoms with van der Waals surface area (Å²) < 4.78 is 0. The van der Waals surface area contributed by atoms with Gasteiger partial charge in [-0.3, -0.25) is 4.79 Å². The van der Waals surface area contributed by atoms with Gasteiger partial charge in [0.15, 0.2) is 0 Å². The molecule has 180 valence electrons. The largest absolute Gasteiger partial charge is 0.481 e. The number of aliphatic carboxylic acids is 1. The maximum Gasteiger partial charge on any atom is 0.303 e. The van der Waals surface area contributed by atoms with Gasteiger partial charge < -0.3 is 15.3 Å². The normalized spacial score (nSPS) is 13.4. The summed E-state index contributed by atoms with van der Waals surface area (Å²) in [6.07, 6.45) is 23.7. The van der Waals surface area contributed by atoms with Crippen LogP contribution in [0, 0.1) is 0 Å². The Hall–Kier alpha value is -0.610. The third kappa shape index (κ3) is 23.7. The molecule has 0 aliphatic rings. The van der Waals surface area contributed by atoms with E-state index >= 15 is 0 Å². The molecule has 3 N–H and O–H groups in total. The first-order chi connectivity index (χ1) is 14.6. The van der Waals surface area contributed by atoms with E-state index in [4.69, 9.17) is 5.11 Å². The smallest absolute Gasteiger partial charge is 0.303 e. The summed E-state index contributed by atoms with van der Waals surface area (Å²) in [5.74, 6) is -0.674. The molecule has 0 radical (unpaired) electrons. The highest BCUT2D eigenvalue weighted by Crippen LogP contribution is 2.16. The van der Waals surface area contributed by atoms with Crippen LogP contribution >= 0.6 is 0 Å². The molecule has 2 atom stereocenters. The predicted octanol–water partition coefficient (Wildman–Crippen LogP) is 7.39. The Bertz CT molecular complexity index is 359. The Balaban J connectivity index is 3.25. The molecule has 2 unspecified atom stereocenters. The lowest BCUT2D eigenvalue weighted by atomic mass is 10.00. The fourth-order valence-electron chi connectivity index (χ4n) is 4.08. The zero-order chi connectivity index (χ0) is 22.3. The Labute approximate surface area is 186 Å². The van der Waals surface area contributed by atoms with Crippen molar-refractivity contribution in [2.45, 2.75) is 160 Å². The van der Waals surface area contributed by atoms with Crippen LogP contribution in [0.25, 0.3) is 0 Å². The monoisotopic (exact) mass is 428 g/mol. The molecule has 30 heavy (non-hydrogen) atoms. The maximum atomic E-state index is 10.4. The number of aliphatic hydroxyl groups excluding tert-OH is 2. The van der Waals surface area contributed by atoms with Crippen LogP contribution in [0.1, 0.15) is 148 Å². The van der Waals surface area contributed by atoms with Crippen molar-refractivity contribution in [2.75, 3.05) is 0 Å². The second-order valence-corrected chi connectivity index (χ2v) is 9.26. The quantitative estimate of drug-likeness (QED) is 0.140. The van der Waals surface area contributed by atoms with Gasteiger partial charge in [0, 0.05) is 6.42 Å². The first-order valence-electron chi connectivity index (χ1n) is 13.1. The van der Waals surface area contributed by atoms with Crippen LogP contribution in [0.4, 0.5) is 0 Å². The van der Waals surface area contributed by atoms with Crippen molar-refractivity contribution in [1.29, 1.82) is 0 Å². The SMILES string of the molecule is CCCCCCCC(O)CCC(O)CCCCCCCCCCCCCCC(=O)O. The van der Waals surface area contributed by atoms with Gasteiger partial charge in [-0.1, -0.05) is 110 Å². The van der Waals surface area contributed by atoms with Crippen molar-refractivity contribution in [1.82, 2.24) is 0 Å². The molecule has 0 aromatic carbocycles. The number of carbonyl (C=O) groups is 1. The number of hydrogen-bond acceptors (Lipinski definition) is 3. The van der Waals surface area contributed by atoms with Gasteiger partial charge in [-0.15, -0.1) is 0 Å². The third-order valence-corrected chi connectivity index (χ3v) is 6.15. The molecule has 0 saturated carbocycles. The van der Waals surface area contributed by atoms with E-state index in [2.05, 4.69) is 6.92 Å². The van der Waals surface area contributed by atoms with Crippen LogP contribution in [0.2, 0.25) is 0 Å². The van der Waals surface area contributed by atoms with Crippen LogP contribution in [0.5, 0.6) is 0 Å². The van der Waals surface area contributed by atoms with Crippen molar-refractivity contribution in [2.24, 2.45) is 0 Å². The average Bonchev–Trinajstić information content (AvgIpc) is 2.72. The molecule has 0 heterocycles. The first kappa shape index (κ1) is 29.4. The Morgan fingerprint density at radius 1 is 0.533 bits per heavy atom. The number of rotatable bonds is 24. The summed E-state index contributed by atoms with van der Waals surface area (Å²) in [6.45, 7) is 2.22. The minimum Gasteiger partial charge on any atom is -0.481 e. The fraction of sp³-hybridized carbons (Fsp3) is 0.962. The number of carboxylic acids is 1. The minimum absolute atomic E-state index is 0.231. The number of unbranched alkanes of at least 4 members (excludes halogenated alkanes) is 15. The summed E-state index contributed by atoms with van der Waals surface area (Å²) in [7, 11) is 0. The summed E-state index contributed by atoms with van der Waals surface area (Å²) >= 11 is 0. The van der Waals surface area contributed by atoms with E-state index in [1.165, 1.54) is 83.5 Å². The van der Waals surface area contributed by atoms with E-state index in [0.717, 1.165) is 51.4 Å². The lowest BCUT2D eigenvalue weighted by Crippen LogP contribution is -2.13. The highest BCUT2D eigenvalue weighted by molar-refractivity contribution is 5.66. The molecule has 0 aromatic heterocycles. The molecule has 0 aliphatic heterocycles. The molecule has 4 heteroatoms. The van der Waals surface area contributed by atoms with Crippen LogP contribution in [0.3, 0.4) is 0 Å². The molecular weight excluding hydrogens is 376 g/mol. The van der Waals surface area contributed by atoms with Crippen LogP contribution in [-0.2, 0) is 4.79 Å². The second-order valence-electron chi connectivity index (χ2n) is 9.26. The molecule has 0 bridgehead atoms. The van der Waals surface area contributed by atoms with E-state index in [0.29, 0.717) is 6.42 Å². The van der Waals surface area contributed by atoms with E-state index in [-0.39, 0.29) is 12.2 Å². The van der Waals surface area contributed by atoms with Gasteiger partial charge in [0.1, 0.15) is 0 Å². The third-order valence-electron chi connectivity index (χ3n) is 6.15. The number of carboxylic acid groups (broad SMARTS) is 1. The van der Waals surface area contributed by atoms with Gasteiger partial charge in [-0.2, -0.15) is 0 Å². The van der Waals surface area contributed by atoms with Crippen molar-refractivity contribution < 1.29 is 20.1 Å². The fourth-order valence-corrected chi connectivity index (χ4v) is 4.08. The maximum absolute atomic E-state index is 10.4. The van der Waals surface area contributed by atoms with Gasteiger partial charge in [0.2, 0.25) is 0 Å². The summed E-state index contributed by atoms with van der Waals surface area (Å²) in [6, 6.07) is 0. The molecule has 4 nitrogen and oxygen atoms in total. The molecule has 0 spiro atoms. The highest BCUT2D eigenvalue weighted by atomic mass is 16.4. The zero-order valence-electron chi connectivity index (χ0n) is 20.0. The van der Waals surface area contributed by atoms with Crippen molar-refractivity contribution in [3.05, 3.63) is 0 Å². The van der Waals surface area contributed by atoms with E-state index in [1.807, 2.05) is 0 Å². The van der Waals surface area contributed by atoms with E-state index in [9.17, 15) is 15.0 Å². The van der Waals surface area contributed by atoms with Gasteiger partial charge >= 0.3 is 5.97 Å². The molecule has 0 amide bonds. The molecule has 0 saturated heterocycles. The van der Waals surface area contributed by atoms with Gasteiger partial charge in [0.25, 0.3) is 0 Å². The highest BCUT2D eigenvalue weighted by Gasteiger charge is 2.09. The topological polar surface area (TPSA) is 77.8 Å². The minimum atomic E-state index is -0.674. The van der Waals surface area contributed by atoms with Crippen molar-refractivity contribution >= 4 is 5.97 Å². The van der Waals surface area contributed by atoms with Crippen molar-refractivity contribution in [3.63, 3.8) is 0 Å². The standard InChI is InChI=1S/C26H52O4/c1-2-3-4-13-16-19-24(27)22-23-25(28)20-17-14-11-9-7-5-6-8-10-12-15-18-21-26(29)30/h24-25,27-28H,2-23H2,1H3,(H,29,30). The molecule has 0 aromatic rings. The Morgan fingerprint density at radius 3 is 1.23 bits per heavy atom. The summed E-state index contributed by atoms with van der Waals surface area (Å²) in [5, 5.41) is 28.7. The summed E-state index contributed by atoms with van der Waals surface area (Å²) in [4.78, 5) is 10.4. The van der Waals surface area contributed by atoms with Crippen LogP contribution in [0.15, 0.2) is 0 Å². The van der Waals surface area contributed by atoms with Gasteiger partial charge in [-0.05, 0) is 32.1 Å². The number of hydrogen-bond donors (Lipinski definition) is 3. The Morgan fingerprint density at radius 2 is 0.867 bits per heavy atom. The van der Waals surface area contributed by atoms with Gasteiger partial charge in [-0.25, -0.2) is 0 Å². The second kappa shape index (κ2) is 23.1. The number of aliphatic hydroxyl groups is 2. The summed E-state index contributed by atoms with van der Waals surface area (Å²) in [5.41, 5.74) is 0. The van der Waals surface area contributed by atoms with E-state index in [1.54, 1.807) is 0 Å². The molecular formula is C26H52O4. The lowest BCUT2D eigenvalue weighted by Gasteiger charge is -2.14. The van der Waals surface area contributed by atoms with Crippen molar-refractivity contribution in [3.8, 4) is 0 Å². The van der Waals surface area contributed by atoms with Crippen LogP contribution in [-0.4, -0.2) is 33.5 Å².